The first-order valence-electron chi connectivity index (χ1n) is 4.63. The van der Waals surface area contributed by atoms with Crippen LogP contribution in [0.2, 0.25) is 0 Å². The quantitative estimate of drug-likeness (QED) is 0.643. The van der Waals surface area contributed by atoms with E-state index in [-0.39, 0.29) is 18.0 Å². The molecule has 5 nitrogen and oxygen atoms in total. The van der Waals surface area contributed by atoms with E-state index < -0.39 is 12.0 Å². The fourth-order valence-corrected chi connectivity index (χ4v) is 1.14. The predicted octanol–water partition coefficient (Wildman–Crippen LogP) is 0.494. The zero-order valence-corrected chi connectivity index (χ0v) is 8.77. The summed E-state index contributed by atoms with van der Waals surface area (Å²) in [6.07, 6.45) is 5.15. The standard InChI is InChI=1S/C11H12N2O3/c1-3-8(6-14)13-10-9(11(15)16)5-4-7(2)12-10/h1,4-5,8,14H,6H2,2H3,(H,12,13)(H,15,16). The van der Waals surface area contributed by atoms with Gasteiger partial charge in [-0.05, 0) is 19.1 Å². The molecule has 0 aromatic carbocycles. The summed E-state index contributed by atoms with van der Waals surface area (Å²) < 4.78 is 0. The molecular weight excluding hydrogens is 208 g/mol. The number of hydrogen-bond donors (Lipinski definition) is 3. The van der Waals surface area contributed by atoms with E-state index >= 15 is 0 Å². The first-order chi connectivity index (χ1) is 7.58. The number of nitrogens with one attached hydrogen (secondary N) is 1. The van der Waals surface area contributed by atoms with Gasteiger partial charge in [0.25, 0.3) is 0 Å². The van der Waals surface area contributed by atoms with Gasteiger partial charge >= 0.3 is 5.97 Å². The number of rotatable bonds is 4. The lowest BCUT2D eigenvalue weighted by Crippen LogP contribution is -2.23. The smallest absolute Gasteiger partial charge is 0.339 e. The maximum absolute atomic E-state index is 10.9. The number of carboxylic acid groups (broad SMARTS) is 1. The van der Waals surface area contributed by atoms with Crippen LogP contribution in [0.4, 0.5) is 5.82 Å². The van der Waals surface area contributed by atoms with Gasteiger partial charge in [0.1, 0.15) is 17.4 Å². The fraction of sp³-hybridized carbons (Fsp3) is 0.273. The molecule has 16 heavy (non-hydrogen) atoms. The molecule has 0 radical (unpaired) electrons. The molecule has 0 spiro atoms. The predicted molar refractivity (Wildman–Crippen MR) is 59.3 cm³/mol. The summed E-state index contributed by atoms with van der Waals surface area (Å²) in [6, 6.07) is 2.39. The van der Waals surface area contributed by atoms with Crippen LogP contribution < -0.4 is 5.32 Å². The zero-order chi connectivity index (χ0) is 12.1. The summed E-state index contributed by atoms with van der Waals surface area (Å²) in [5.74, 6) is 1.37. The van der Waals surface area contributed by atoms with E-state index in [1.807, 2.05) is 0 Å². The van der Waals surface area contributed by atoms with E-state index in [1.165, 1.54) is 6.07 Å². The van der Waals surface area contributed by atoms with Crippen LogP contribution in [-0.2, 0) is 0 Å². The second-order valence-corrected chi connectivity index (χ2v) is 3.20. The molecule has 1 unspecified atom stereocenters. The largest absolute Gasteiger partial charge is 0.478 e. The van der Waals surface area contributed by atoms with Gasteiger partial charge in [-0.1, -0.05) is 5.92 Å². The monoisotopic (exact) mass is 220 g/mol. The van der Waals surface area contributed by atoms with Crippen LogP contribution in [0, 0.1) is 19.3 Å². The molecule has 0 saturated carbocycles. The first kappa shape index (κ1) is 12.0. The molecule has 84 valence electrons. The Kier molecular flexibility index (Phi) is 3.86. The Morgan fingerprint density at radius 1 is 1.69 bits per heavy atom. The van der Waals surface area contributed by atoms with Gasteiger partial charge < -0.3 is 15.5 Å². The van der Waals surface area contributed by atoms with Gasteiger partial charge in [-0.15, -0.1) is 6.42 Å². The number of carboxylic acids is 1. The first-order valence-corrected chi connectivity index (χ1v) is 4.63. The summed E-state index contributed by atoms with van der Waals surface area (Å²) in [4.78, 5) is 14.9. The van der Waals surface area contributed by atoms with E-state index in [9.17, 15) is 4.79 Å². The van der Waals surface area contributed by atoms with E-state index in [1.54, 1.807) is 13.0 Å². The minimum absolute atomic E-state index is 0.0271. The van der Waals surface area contributed by atoms with Gasteiger partial charge in [-0.2, -0.15) is 0 Å². The molecule has 1 heterocycles. The number of aliphatic hydroxyl groups is 1. The Hall–Kier alpha value is -2.06. The fourth-order valence-electron chi connectivity index (χ4n) is 1.14. The lowest BCUT2D eigenvalue weighted by molar-refractivity contribution is 0.0697. The van der Waals surface area contributed by atoms with Crippen LogP contribution in [0.15, 0.2) is 12.1 Å². The number of hydrogen-bond acceptors (Lipinski definition) is 4. The Bertz CT molecular complexity index is 437. The Morgan fingerprint density at radius 2 is 2.38 bits per heavy atom. The average molecular weight is 220 g/mol. The third-order valence-corrected chi connectivity index (χ3v) is 1.96. The van der Waals surface area contributed by atoms with Crippen molar-refractivity contribution in [1.29, 1.82) is 0 Å². The van der Waals surface area contributed by atoms with Gasteiger partial charge in [-0.25, -0.2) is 9.78 Å². The van der Waals surface area contributed by atoms with Crippen LogP contribution in [0.1, 0.15) is 16.1 Å². The number of aryl methyl sites for hydroxylation is 1. The van der Waals surface area contributed by atoms with Crippen LogP contribution in [0.25, 0.3) is 0 Å². The summed E-state index contributed by atoms with van der Waals surface area (Å²) in [5.41, 5.74) is 0.695. The number of aromatic nitrogens is 1. The van der Waals surface area contributed by atoms with Crippen LogP contribution >= 0.6 is 0 Å². The normalized spacial score (nSPS) is 11.6. The van der Waals surface area contributed by atoms with Gasteiger partial charge in [0, 0.05) is 5.69 Å². The Balaban J connectivity index is 3.06. The topological polar surface area (TPSA) is 82.5 Å². The molecule has 0 fully saturated rings. The van der Waals surface area contributed by atoms with Gasteiger partial charge in [0.15, 0.2) is 0 Å². The van der Waals surface area contributed by atoms with E-state index in [0.29, 0.717) is 5.69 Å². The molecule has 1 aromatic rings. The Morgan fingerprint density at radius 3 is 2.88 bits per heavy atom. The van der Waals surface area contributed by atoms with Crippen molar-refractivity contribution in [2.75, 3.05) is 11.9 Å². The number of aromatic carboxylic acids is 1. The highest BCUT2D eigenvalue weighted by Crippen LogP contribution is 2.14. The maximum atomic E-state index is 10.9. The minimum atomic E-state index is -1.09. The number of aliphatic hydroxyl groups excluding tert-OH is 1. The van der Waals surface area contributed by atoms with E-state index in [4.69, 9.17) is 16.6 Å². The second-order valence-electron chi connectivity index (χ2n) is 3.20. The van der Waals surface area contributed by atoms with Crippen molar-refractivity contribution in [3.8, 4) is 12.3 Å². The molecule has 3 N–H and O–H groups in total. The van der Waals surface area contributed by atoms with Crippen LogP contribution in [-0.4, -0.2) is 33.8 Å². The second kappa shape index (κ2) is 5.14. The number of anilines is 1. The Labute approximate surface area is 93.1 Å². The van der Waals surface area contributed by atoms with Crippen molar-refractivity contribution < 1.29 is 15.0 Å². The van der Waals surface area contributed by atoms with Gasteiger partial charge in [0.05, 0.1) is 6.61 Å². The van der Waals surface area contributed by atoms with Crippen molar-refractivity contribution in [3.63, 3.8) is 0 Å². The van der Waals surface area contributed by atoms with Gasteiger partial charge in [0.2, 0.25) is 0 Å². The molecule has 0 aliphatic heterocycles. The highest BCUT2D eigenvalue weighted by Gasteiger charge is 2.14. The molecule has 1 atom stereocenters. The SMILES string of the molecule is C#CC(CO)Nc1nc(C)ccc1C(=O)O. The van der Waals surface area contributed by atoms with Gasteiger partial charge in [-0.3, -0.25) is 0 Å². The van der Waals surface area contributed by atoms with Crippen molar-refractivity contribution >= 4 is 11.8 Å². The molecule has 0 amide bonds. The number of terminal acetylenes is 1. The number of carbonyl (C=O) groups is 1. The summed E-state index contributed by atoms with van der Waals surface area (Å²) in [6.45, 7) is 1.45. The highest BCUT2D eigenvalue weighted by atomic mass is 16.4. The highest BCUT2D eigenvalue weighted by molar-refractivity contribution is 5.93. The zero-order valence-electron chi connectivity index (χ0n) is 8.77. The number of nitrogens with zero attached hydrogens (tertiary/aromatic N) is 1. The van der Waals surface area contributed by atoms with Crippen LogP contribution in [0.5, 0.6) is 0 Å². The van der Waals surface area contributed by atoms with Crippen molar-refractivity contribution in [3.05, 3.63) is 23.4 Å². The summed E-state index contributed by atoms with van der Waals surface area (Å²) in [5, 5.41) is 20.5. The third kappa shape index (κ3) is 2.72. The van der Waals surface area contributed by atoms with Crippen molar-refractivity contribution in [2.45, 2.75) is 13.0 Å². The molecule has 5 heteroatoms. The lowest BCUT2D eigenvalue weighted by Gasteiger charge is -2.13. The minimum Gasteiger partial charge on any atom is -0.478 e. The van der Waals surface area contributed by atoms with Crippen LogP contribution in [0.3, 0.4) is 0 Å². The van der Waals surface area contributed by atoms with Crippen molar-refractivity contribution in [1.82, 2.24) is 4.98 Å². The molecular formula is C11H12N2O3. The van der Waals surface area contributed by atoms with E-state index in [0.717, 1.165) is 0 Å². The maximum Gasteiger partial charge on any atom is 0.339 e. The molecule has 0 saturated heterocycles. The molecule has 0 aliphatic carbocycles. The van der Waals surface area contributed by atoms with E-state index in [2.05, 4.69) is 16.2 Å². The molecule has 1 rings (SSSR count). The lowest BCUT2D eigenvalue weighted by atomic mass is 10.2. The average Bonchev–Trinajstić information content (AvgIpc) is 2.25. The summed E-state index contributed by atoms with van der Waals surface area (Å²) in [7, 11) is 0. The number of pyridine rings is 1. The molecule has 0 bridgehead atoms. The summed E-state index contributed by atoms with van der Waals surface area (Å²) >= 11 is 0. The third-order valence-electron chi connectivity index (χ3n) is 1.96. The molecule has 0 aliphatic rings. The molecule has 1 aromatic heterocycles. The van der Waals surface area contributed by atoms with Crippen molar-refractivity contribution in [2.24, 2.45) is 0 Å².